The Bertz CT molecular complexity index is 836. The molecule has 8 heteroatoms. The van der Waals surface area contributed by atoms with Crippen LogP contribution in [0.1, 0.15) is 39.2 Å². The highest BCUT2D eigenvalue weighted by atomic mass is 32.2. The minimum atomic E-state index is -0.821. The number of alkyl carbamates (subject to hydrolysis) is 1. The fourth-order valence-corrected chi connectivity index (χ4v) is 3.83. The second kappa shape index (κ2) is 16.1. The lowest BCUT2D eigenvalue weighted by Gasteiger charge is -2.30. The predicted molar refractivity (Wildman–Crippen MR) is 133 cm³/mol. The van der Waals surface area contributed by atoms with Crippen molar-refractivity contribution in [3.05, 3.63) is 66.2 Å². The Hall–Kier alpha value is -2.55. The molecule has 3 atom stereocenters. The number of nitrogens with one attached hydrogen (secondary N) is 1. The van der Waals surface area contributed by atoms with Crippen molar-refractivity contribution in [1.82, 2.24) is 5.32 Å². The van der Waals surface area contributed by atoms with E-state index >= 15 is 0 Å². The molecule has 0 bridgehead atoms. The third kappa shape index (κ3) is 11.0. The molecule has 0 spiro atoms. The van der Waals surface area contributed by atoms with E-state index in [4.69, 9.17) is 18.9 Å². The number of hydrogen-bond acceptors (Lipinski definition) is 7. The Kier molecular flexibility index (Phi) is 13.1. The van der Waals surface area contributed by atoms with Crippen LogP contribution in [-0.4, -0.2) is 49.5 Å². The predicted octanol–water partition coefficient (Wildman–Crippen LogP) is 5.18. The quantitative estimate of drug-likeness (QED) is 0.160. The van der Waals surface area contributed by atoms with Gasteiger partial charge in [-0.05, 0) is 31.0 Å². The lowest BCUT2D eigenvalue weighted by molar-refractivity contribution is -0.168. The molecule has 0 aromatic heterocycles. The topological polar surface area (TPSA) is 83.1 Å². The lowest BCUT2D eigenvalue weighted by atomic mass is 10.1. The molecule has 2 aromatic rings. The molecule has 0 aliphatic rings. The molecule has 0 fully saturated rings. The fraction of sp³-hybridized carbons (Fsp3) is 0.462. The van der Waals surface area contributed by atoms with E-state index in [9.17, 15) is 9.59 Å². The number of benzene rings is 2. The van der Waals surface area contributed by atoms with Gasteiger partial charge in [0.1, 0.15) is 12.2 Å². The van der Waals surface area contributed by atoms with E-state index in [1.165, 1.54) is 18.7 Å². The van der Waals surface area contributed by atoms with E-state index in [2.05, 4.69) is 12.2 Å². The Morgan fingerprint density at radius 3 is 2.32 bits per heavy atom. The SMILES string of the molecule is CCCCOCC(OCSc1ccccc1)[C@@H](OC(C)=O)[C@@H](C)OC(=O)NCc1ccccc1. The van der Waals surface area contributed by atoms with Crippen molar-refractivity contribution in [2.24, 2.45) is 0 Å². The van der Waals surface area contributed by atoms with Crippen LogP contribution in [0.4, 0.5) is 4.79 Å². The number of esters is 1. The average molecular weight is 490 g/mol. The maximum atomic E-state index is 12.4. The first kappa shape index (κ1) is 27.7. The molecule has 34 heavy (non-hydrogen) atoms. The first-order chi connectivity index (χ1) is 16.5. The molecule has 1 N–H and O–H groups in total. The van der Waals surface area contributed by atoms with Crippen molar-refractivity contribution in [1.29, 1.82) is 0 Å². The van der Waals surface area contributed by atoms with Crippen LogP contribution in [-0.2, 0) is 30.3 Å². The van der Waals surface area contributed by atoms with Gasteiger partial charge in [-0.1, -0.05) is 73.6 Å². The number of carbonyl (C=O) groups excluding carboxylic acids is 2. The van der Waals surface area contributed by atoms with E-state index in [0.29, 0.717) is 19.1 Å². The highest BCUT2D eigenvalue weighted by Crippen LogP contribution is 2.21. The number of ether oxygens (including phenoxy) is 4. The second-order valence-corrected chi connectivity index (χ2v) is 8.73. The maximum absolute atomic E-state index is 12.4. The van der Waals surface area contributed by atoms with Crippen molar-refractivity contribution >= 4 is 23.8 Å². The summed E-state index contributed by atoms with van der Waals surface area (Å²) >= 11 is 1.52. The van der Waals surface area contributed by atoms with Gasteiger partial charge in [-0.3, -0.25) is 4.79 Å². The van der Waals surface area contributed by atoms with Gasteiger partial charge >= 0.3 is 12.1 Å². The Morgan fingerprint density at radius 2 is 1.68 bits per heavy atom. The van der Waals surface area contributed by atoms with Gasteiger partial charge in [0, 0.05) is 25.0 Å². The standard InChI is InChI=1S/C26H35NO6S/c1-4-5-16-30-18-24(31-19-34-23-14-10-7-11-15-23)25(33-21(3)28)20(2)32-26(29)27-17-22-12-8-6-9-13-22/h6-15,20,24-25H,4-5,16-19H2,1-3H3,(H,27,29)/t20-,24?,25+/m1/s1. The summed E-state index contributed by atoms with van der Waals surface area (Å²) in [5.41, 5.74) is 0.951. The zero-order chi connectivity index (χ0) is 24.6. The molecular formula is C26H35NO6S. The van der Waals surface area contributed by atoms with Crippen LogP contribution < -0.4 is 5.32 Å². The molecule has 0 aliphatic carbocycles. The summed E-state index contributed by atoms with van der Waals surface area (Å²) in [5.74, 6) is -0.153. The second-order valence-electron chi connectivity index (χ2n) is 7.73. The number of rotatable bonds is 15. The molecular weight excluding hydrogens is 454 g/mol. The van der Waals surface area contributed by atoms with Crippen LogP contribution >= 0.6 is 11.8 Å². The Labute approximate surface area is 206 Å². The van der Waals surface area contributed by atoms with E-state index in [-0.39, 0.29) is 6.61 Å². The van der Waals surface area contributed by atoms with E-state index < -0.39 is 30.4 Å². The van der Waals surface area contributed by atoms with Gasteiger partial charge < -0.3 is 24.3 Å². The third-order valence-corrected chi connectivity index (χ3v) is 5.74. The Balaban J connectivity index is 1.99. The van der Waals surface area contributed by atoms with Crippen molar-refractivity contribution in [3.63, 3.8) is 0 Å². The summed E-state index contributed by atoms with van der Waals surface area (Å²) < 4.78 is 22.9. The van der Waals surface area contributed by atoms with Gasteiger partial charge in [0.25, 0.3) is 0 Å². The number of thioether (sulfide) groups is 1. The van der Waals surface area contributed by atoms with Crippen LogP contribution in [0, 0.1) is 0 Å². The number of hydrogen-bond donors (Lipinski definition) is 1. The normalized spacial score (nSPS) is 13.5. The summed E-state index contributed by atoms with van der Waals surface area (Å²) in [6.07, 6.45) is -0.854. The molecule has 0 radical (unpaired) electrons. The molecule has 0 heterocycles. The molecule has 0 saturated carbocycles. The smallest absolute Gasteiger partial charge is 0.407 e. The van der Waals surface area contributed by atoms with E-state index in [0.717, 1.165) is 23.3 Å². The van der Waals surface area contributed by atoms with Gasteiger partial charge in [0.2, 0.25) is 0 Å². The summed E-state index contributed by atoms with van der Waals surface area (Å²) in [6.45, 7) is 6.21. The van der Waals surface area contributed by atoms with E-state index in [1.807, 2.05) is 60.7 Å². The number of unbranched alkanes of at least 4 members (excludes halogenated alkanes) is 1. The average Bonchev–Trinajstić information content (AvgIpc) is 2.84. The lowest BCUT2D eigenvalue weighted by Crippen LogP contribution is -2.46. The van der Waals surface area contributed by atoms with Crippen LogP contribution in [0.25, 0.3) is 0 Å². The summed E-state index contributed by atoms with van der Waals surface area (Å²) in [4.78, 5) is 25.3. The van der Waals surface area contributed by atoms with Crippen molar-refractivity contribution in [3.8, 4) is 0 Å². The van der Waals surface area contributed by atoms with Crippen LogP contribution in [0.5, 0.6) is 0 Å². The molecule has 186 valence electrons. The largest absolute Gasteiger partial charge is 0.456 e. The third-order valence-electron chi connectivity index (χ3n) is 4.88. The number of carbonyl (C=O) groups is 2. The first-order valence-electron chi connectivity index (χ1n) is 11.5. The van der Waals surface area contributed by atoms with Crippen molar-refractivity contribution < 1.29 is 28.5 Å². The molecule has 0 saturated heterocycles. The van der Waals surface area contributed by atoms with Gasteiger partial charge in [-0.2, -0.15) is 0 Å². The maximum Gasteiger partial charge on any atom is 0.407 e. The summed E-state index contributed by atoms with van der Waals surface area (Å²) in [7, 11) is 0. The molecule has 2 rings (SSSR count). The highest BCUT2D eigenvalue weighted by Gasteiger charge is 2.33. The van der Waals surface area contributed by atoms with E-state index in [1.54, 1.807) is 6.92 Å². The van der Waals surface area contributed by atoms with Crippen molar-refractivity contribution in [2.75, 3.05) is 19.2 Å². The van der Waals surface area contributed by atoms with Crippen LogP contribution in [0.3, 0.4) is 0 Å². The van der Waals surface area contributed by atoms with Gasteiger partial charge in [0.05, 0.1) is 12.5 Å². The molecule has 1 amide bonds. The minimum absolute atomic E-state index is 0.215. The van der Waals surface area contributed by atoms with Gasteiger partial charge in [-0.15, -0.1) is 0 Å². The number of amides is 1. The van der Waals surface area contributed by atoms with Gasteiger partial charge in [0.15, 0.2) is 6.10 Å². The summed E-state index contributed by atoms with van der Waals surface area (Å²) in [5, 5.41) is 2.72. The highest BCUT2D eigenvalue weighted by molar-refractivity contribution is 7.99. The zero-order valence-electron chi connectivity index (χ0n) is 20.1. The molecule has 7 nitrogen and oxygen atoms in total. The molecule has 1 unspecified atom stereocenters. The first-order valence-corrected chi connectivity index (χ1v) is 12.5. The van der Waals surface area contributed by atoms with Gasteiger partial charge in [-0.25, -0.2) is 4.79 Å². The fourth-order valence-electron chi connectivity index (χ4n) is 3.10. The minimum Gasteiger partial charge on any atom is -0.456 e. The molecule has 0 aliphatic heterocycles. The molecule has 2 aromatic carbocycles. The van der Waals surface area contributed by atoms with Crippen LogP contribution in [0.2, 0.25) is 0 Å². The zero-order valence-corrected chi connectivity index (χ0v) is 20.9. The van der Waals surface area contributed by atoms with Crippen LogP contribution in [0.15, 0.2) is 65.6 Å². The summed E-state index contributed by atoms with van der Waals surface area (Å²) in [6, 6.07) is 19.4. The monoisotopic (exact) mass is 489 g/mol. The van der Waals surface area contributed by atoms with Crippen molar-refractivity contribution in [2.45, 2.75) is 63.4 Å². The Morgan fingerprint density at radius 1 is 1.00 bits per heavy atom.